The van der Waals surface area contributed by atoms with Crippen LogP contribution >= 0.6 is 0 Å². The number of nitrogens with zero attached hydrogens (tertiary/aromatic N) is 3. The minimum atomic E-state index is -0.535. The Hall–Kier alpha value is -3.79. The predicted molar refractivity (Wildman–Crippen MR) is 88.6 cm³/mol. The van der Waals surface area contributed by atoms with E-state index in [0.29, 0.717) is 16.3 Å². The van der Waals surface area contributed by atoms with E-state index in [9.17, 15) is 9.59 Å². The minimum absolute atomic E-state index is 0.0854. The molecule has 7 heteroatoms. The number of aromatic amines is 1. The molecule has 3 rings (SSSR count). The summed E-state index contributed by atoms with van der Waals surface area (Å²) < 4.78 is 0. The molecule has 0 aliphatic carbocycles. The maximum Gasteiger partial charge on any atom is 0.292 e. The van der Waals surface area contributed by atoms with Crippen molar-refractivity contribution >= 4 is 22.9 Å². The van der Waals surface area contributed by atoms with Crippen molar-refractivity contribution in [2.24, 2.45) is 5.10 Å². The molecule has 1 aromatic heterocycles. The summed E-state index contributed by atoms with van der Waals surface area (Å²) in [5.74, 6) is -0.535. The number of fused-ring (bicyclic) bond motifs is 1. The number of aromatic nitrogens is 2. The highest BCUT2D eigenvalue weighted by Crippen LogP contribution is 2.12. The Morgan fingerprint density at radius 1 is 1.17 bits per heavy atom. The zero-order chi connectivity index (χ0) is 16.9. The molecule has 0 spiro atoms. The molecular formula is C17H11N5O2. The first-order chi connectivity index (χ1) is 11.7. The largest absolute Gasteiger partial charge is 0.292 e. The van der Waals surface area contributed by atoms with Crippen molar-refractivity contribution in [3.63, 3.8) is 0 Å². The van der Waals surface area contributed by atoms with Crippen LogP contribution in [0.25, 0.3) is 10.8 Å². The van der Waals surface area contributed by atoms with Crippen LogP contribution in [0, 0.1) is 11.3 Å². The van der Waals surface area contributed by atoms with E-state index in [4.69, 9.17) is 5.26 Å². The van der Waals surface area contributed by atoms with Gasteiger partial charge in [-0.2, -0.15) is 15.5 Å². The number of benzene rings is 2. The number of amides is 1. The summed E-state index contributed by atoms with van der Waals surface area (Å²) in [6, 6.07) is 15.4. The number of rotatable bonds is 3. The smallest absolute Gasteiger partial charge is 0.267 e. The van der Waals surface area contributed by atoms with Gasteiger partial charge < -0.3 is 0 Å². The van der Waals surface area contributed by atoms with Crippen LogP contribution in [0.3, 0.4) is 0 Å². The van der Waals surface area contributed by atoms with Crippen molar-refractivity contribution in [2.45, 2.75) is 0 Å². The quantitative estimate of drug-likeness (QED) is 0.564. The summed E-state index contributed by atoms with van der Waals surface area (Å²) in [6.45, 7) is 0. The van der Waals surface area contributed by atoms with Crippen molar-refractivity contribution in [1.29, 1.82) is 5.26 Å². The molecule has 0 bridgehead atoms. The Bertz CT molecular complexity index is 1030. The fraction of sp³-hybridized carbons (Fsp3) is 0. The second kappa shape index (κ2) is 6.54. The summed E-state index contributed by atoms with van der Waals surface area (Å²) in [5, 5.41) is 19.5. The molecule has 1 heterocycles. The third-order valence-electron chi connectivity index (χ3n) is 3.33. The lowest BCUT2D eigenvalue weighted by Crippen LogP contribution is -2.22. The summed E-state index contributed by atoms with van der Waals surface area (Å²) in [7, 11) is 0. The van der Waals surface area contributed by atoms with Crippen LogP contribution in [-0.4, -0.2) is 22.3 Å². The third-order valence-corrected chi connectivity index (χ3v) is 3.33. The van der Waals surface area contributed by atoms with Crippen molar-refractivity contribution in [2.75, 3.05) is 0 Å². The fourth-order valence-corrected chi connectivity index (χ4v) is 2.15. The van der Waals surface area contributed by atoms with Gasteiger partial charge in [0, 0.05) is 5.39 Å². The lowest BCUT2D eigenvalue weighted by molar-refractivity contribution is 0.0951. The van der Waals surface area contributed by atoms with Crippen LogP contribution in [0.15, 0.2) is 58.4 Å². The lowest BCUT2D eigenvalue weighted by Gasteiger charge is -2.03. The molecule has 0 atom stereocenters. The normalized spacial score (nSPS) is 10.6. The third kappa shape index (κ3) is 3.03. The zero-order valence-electron chi connectivity index (χ0n) is 12.4. The predicted octanol–water partition coefficient (Wildman–Crippen LogP) is 1.56. The van der Waals surface area contributed by atoms with E-state index in [0.717, 1.165) is 5.56 Å². The zero-order valence-corrected chi connectivity index (χ0v) is 12.4. The van der Waals surface area contributed by atoms with Gasteiger partial charge in [0.05, 0.1) is 23.2 Å². The number of nitriles is 1. The van der Waals surface area contributed by atoms with Gasteiger partial charge in [0.2, 0.25) is 0 Å². The Morgan fingerprint density at radius 3 is 2.58 bits per heavy atom. The molecule has 0 radical (unpaired) electrons. The molecule has 0 unspecified atom stereocenters. The highest BCUT2D eigenvalue weighted by molar-refractivity contribution is 6.04. The van der Waals surface area contributed by atoms with Crippen LogP contribution in [0.4, 0.5) is 0 Å². The van der Waals surface area contributed by atoms with E-state index in [2.05, 4.69) is 20.7 Å². The maximum atomic E-state index is 12.2. The Morgan fingerprint density at radius 2 is 1.88 bits per heavy atom. The molecule has 0 saturated heterocycles. The van der Waals surface area contributed by atoms with Gasteiger partial charge in [0.25, 0.3) is 11.5 Å². The molecule has 0 saturated carbocycles. The minimum Gasteiger partial charge on any atom is -0.267 e. The average Bonchev–Trinajstić information content (AvgIpc) is 2.63. The van der Waals surface area contributed by atoms with Crippen LogP contribution in [0.2, 0.25) is 0 Å². The molecule has 0 aliphatic heterocycles. The van der Waals surface area contributed by atoms with Gasteiger partial charge in [-0.1, -0.05) is 30.3 Å². The van der Waals surface area contributed by atoms with E-state index in [1.54, 1.807) is 48.5 Å². The first-order valence-corrected chi connectivity index (χ1v) is 7.00. The number of carbonyl (C=O) groups is 1. The monoisotopic (exact) mass is 317 g/mol. The van der Waals surface area contributed by atoms with Gasteiger partial charge >= 0.3 is 0 Å². The Kier molecular flexibility index (Phi) is 4.12. The number of H-pyrrole nitrogens is 1. The van der Waals surface area contributed by atoms with Crippen LogP contribution in [0.1, 0.15) is 21.6 Å². The number of hydrazone groups is 1. The Labute approximate surface area is 136 Å². The molecule has 116 valence electrons. The van der Waals surface area contributed by atoms with E-state index in [1.807, 2.05) is 6.07 Å². The van der Waals surface area contributed by atoms with Crippen LogP contribution in [-0.2, 0) is 0 Å². The highest BCUT2D eigenvalue weighted by Gasteiger charge is 2.12. The van der Waals surface area contributed by atoms with Gasteiger partial charge in [0.15, 0.2) is 5.69 Å². The molecular weight excluding hydrogens is 306 g/mol. The molecule has 0 aliphatic rings. The van der Waals surface area contributed by atoms with Crippen molar-refractivity contribution in [3.05, 3.63) is 75.7 Å². The van der Waals surface area contributed by atoms with E-state index in [-0.39, 0.29) is 11.3 Å². The number of carbonyl (C=O) groups excluding carboxylic acids is 1. The summed E-state index contributed by atoms with van der Waals surface area (Å²) in [4.78, 5) is 23.9. The van der Waals surface area contributed by atoms with Crippen LogP contribution in [0.5, 0.6) is 0 Å². The molecule has 1 amide bonds. The summed E-state index contributed by atoms with van der Waals surface area (Å²) in [6.07, 6.45) is 1.45. The van der Waals surface area contributed by atoms with Gasteiger partial charge in [-0.05, 0) is 23.8 Å². The van der Waals surface area contributed by atoms with Crippen molar-refractivity contribution in [1.82, 2.24) is 15.6 Å². The number of nitrogens with one attached hydrogen (secondary N) is 2. The van der Waals surface area contributed by atoms with E-state index >= 15 is 0 Å². The lowest BCUT2D eigenvalue weighted by atomic mass is 10.1. The SMILES string of the molecule is N#Cc1ccc(/C=N\NC(=O)c2n[nH]c(=O)c3ccccc23)cc1. The number of hydrogen-bond acceptors (Lipinski definition) is 5. The Balaban J connectivity index is 1.80. The highest BCUT2D eigenvalue weighted by atomic mass is 16.2. The molecule has 2 aromatic carbocycles. The molecule has 7 nitrogen and oxygen atoms in total. The maximum absolute atomic E-state index is 12.2. The first kappa shape index (κ1) is 15.1. The van der Waals surface area contributed by atoms with Crippen molar-refractivity contribution < 1.29 is 4.79 Å². The first-order valence-electron chi connectivity index (χ1n) is 7.00. The fourth-order valence-electron chi connectivity index (χ4n) is 2.15. The average molecular weight is 317 g/mol. The molecule has 24 heavy (non-hydrogen) atoms. The standard InChI is InChI=1S/C17H11N5O2/c18-9-11-5-7-12(8-6-11)10-19-21-17(24)15-13-3-1-2-4-14(13)16(23)22-20-15/h1-8,10H,(H,21,24)(H,22,23)/b19-10-. The van der Waals surface area contributed by atoms with Gasteiger partial charge in [0.1, 0.15) is 0 Å². The summed E-state index contributed by atoms with van der Waals surface area (Å²) >= 11 is 0. The van der Waals surface area contributed by atoms with Gasteiger partial charge in [-0.3, -0.25) is 9.59 Å². The van der Waals surface area contributed by atoms with Crippen LogP contribution < -0.4 is 11.0 Å². The van der Waals surface area contributed by atoms with Crippen molar-refractivity contribution in [3.8, 4) is 6.07 Å². The topological polar surface area (TPSA) is 111 Å². The van der Waals surface area contributed by atoms with E-state index < -0.39 is 5.91 Å². The molecule has 2 N–H and O–H groups in total. The second-order valence-corrected chi connectivity index (χ2v) is 4.88. The molecule has 0 fully saturated rings. The van der Waals surface area contributed by atoms with E-state index in [1.165, 1.54) is 6.21 Å². The molecule has 3 aromatic rings. The number of hydrogen-bond donors (Lipinski definition) is 2. The van der Waals surface area contributed by atoms with Gasteiger partial charge in [-0.15, -0.1) is 0 Å². The van der Waals surface area contributed by atoms with Gasteiger partial charge in [-0.25, -0.2) is 10.5 Å². The summed E-state index contributed by atoms with van der Waals surface area (Å²) in [5.41, 5.74) is 3.37. The second-order valence-electron chi connectivity index (χ2n) is 4.88.